The van der Waals surface area contributed by atoms with Crippen LogP contribution < -0.4 is 10.1 Å². The third-order valence-corrected chi connectivity index (χ3v) is 4.57. The third kappa shape index (κ3) is 2.50. The molecule has 0 unspecified atom stereocenters. The highest BCUT2D eigenvalue weighted by Gasteiger charge is 2.24. The molecule has 1 N–H and O–H groups in total. The van der Waals surface area contributed by atoms with Gasteiger partial charge in [-0.15, -0.1) is 0 Å². The summed E-state index contributed by atoms with van der Waals surface area (Å²) in [6.45, 7) is 0. The highest BCUT2D eigenvalue weighted by atomic mass is 16.5. The van der Waals surface area contributed by atoms with Gasteiger partial charge < -0.3 is 10.1 Å². The van der Waals surface area contributed by atoms with Gasteiger partial charge in [-0.3, -0.25) is 4.79 Å². The number of carbonyl (C=O) groups is 1. The Hall–Kier alpha value is -2.88. The van der Waals surface area contributed by atoms with Gasteiger partial charge in [-0.25, -0.2) is 4.98 Å². The van der Waals surface area contributed by atoms with Gasteiger partial charge in [0.25, 0.3) is 5.91 Å². The first kappa shape index (κ1) is 14.7. The van der Waals surface area contributed by atoms with E-state index < -0.39 is 0 Å². The number of nitrogens with one attached hydrogen (secondary N) is 1. The van der Waals surface area contributed by atoms with Gasteiger partial charge in [0.05, 0.1) is 18.7 Å². The molecular formula is C20H18N2O2. The molecule has 4 nitrogen and oxygen atoms in total. The average Bonchev–Trinajstić information content (AvgIpc) is 3.03. The Morgan fingerprint density at radius 1 is 1.17 bits per heavy atom. The minimum absolute atomic E-state index is 0.0490. The number of carbonyl (C=O) groups excluding carboxylic acids is 1. The van der Waals surface area contributed by atoms with Crippen molar-refractivity contribution < 1.29 is 9.53 Å². The van der Waals surface area contributed by atoms with Crippen LogP contribution in [-0.2, 0) is 6.42 Å². The van der Waals surface area contributed by atoms with Crippen LogP contribution in [0.5, 0.6) is 5.75 Å². The van der Waals surface area contributed by atoms with Gasteiger partial charge in [-0.2, -0.15) is 0 Å². The van der Waals surface area contributed by atoms with Crippen molar-refractivity contribution in [3.63, 3.8) is 0 Å². The molecule has 1 aromatic heterocycles. The molecule has 1 aliphatic rings. The summed E-state index contributed by atoms with van der Waals surface area (Å²) in [5, 5.41) is 4.02. The van der Waals surface area contributed by atoms with E-state index in [1.165, 1.54) is 11.1 Å². The van der Waals surface area contributed by atoms with E-state index in [2.05, 4.69) is 22.4 Å². The lowest BCUT2D eigenvalue weighted by molar-refractivity contribution is 0.0931. The van der Waals surface area contributed by atoms with E-state index in [4.69, 9.17) is 4.74 Å². The predicted octanol–water partition coefficient (Wildman–Crippen LogP) is 3.66. The summed E-state index contributed by atoms with van der Waals surface area (Å²) >= 11 is 0. The lowest BCUT2D eigenvalue weighted by atomic mass is 10.1. The molecule has 4 heteroatoms. The standard InChI is InChI=1S/C20H18N2O2/c1-24-19-12-18(21-16-9-5-4-8-15(16)19)20(23)22-17-11-10-13-6-2-3-7-14(13)17/h2-9,12,17H,10-11H2,1H3,(H,22,23)/t17-/m0/s1. The van der Waals surface area contributed by atoms with Gasteiger partial charge in [0.15, 0.2) is 0 Å². The van der Waals surface area contributed by atoms with E-state index >= 15 is 0 Å². The van der Waals surface area contributed by atoms with Crippen LogP contribution in [0.2, 0.25) is 0 Å². The normalized spacial score (nSPS) is 16.0. The average molecular weight is 318 g/mol. The van der Waals surface area contributed by atoms with Gasteiger partial charge >= 0.3 is 0 Å². The molecule has 0 aliphatic heterocycles. The van der Waals surface area contributed by atoms with Crippen molar-refractivity contribution in [3.8, 4) is 5.75 Å². The molecule has 0 saturated carbocycles. The zero-order valence-electron chi connectivity index (χ0n) is 13.5. The van der Waals surface area contributed by atoms with Crippen LogP contribution in [0.4, 0.5) is 0 Å². The Bertz CT molecular complexity index is 920. The number of methoxy groups -OCH3 is 1. The molecule has 0 bridgehead atoms. The van der Waals surface area contributed by atoms with E-state index in [9.17, 15) is 4.79 Å². The molecule has 2 aromatic carbocycles. The maximum atomic E-state index is 12.7. The number of ether oxygens (including phenoxy) is 1. The quantitative estimate of drug-likeness (QED) is 0.802. The lowest BCUT2D eigenvalue weighted by Gasteiger charge is -2.15. The van der Waals surface area contributed by atoms with Crippen molar-refractivity contribution in [2.45, 2.75) is 18.9 Å². The Balaban J connectivity index is 1.65. The Labute approximate surface area is 140 Å². The summed E-state index contributed by atoms with van der Waals surface area (Å²) < 4.78 is 5.42. The SMILES string of the molecule is COc1cc(C(=O)N[C@H]2CCc3ccccc32)nc2ccccc12. The fourth-order valence-corrected chi connectivity index (χ4v) is 3.37. The van der Waals surface area contributed by atoms with Crippen molar-refractivity contribution in [1.29, 1.82) is 0 Å². The number of rotatable bonds is 3. The Morgan fingerprint density at radius 2 is 1.96 bits per heavy atom. The van der Waals surface area contributed by atoms with E-state index in [1.807, 2.05) is 36.4 Å². The number of hydrogen-bond acceptors (Lipinski definition) is 3. The number of aromatic nitrogens is 1. The molecule has 1 heterocycles. The molecule has 0 fully saturated rings. The van der Waals surface area contributed by atoms with Gasteiger partial charge in [0, 0.05) is 11.5 Å². The molecule has 120 valence electrons. The number of pyridine rings is 1. The summed E-state index contributed by atoms with van der Waals surface area (Å²) in [7, 11) is 1.61. The second kappa shape index (κ2) is 5.96. The second-order valence-corrected chi connectivity index (χ2v) is 5.99. The zero-order chi connectivity index (χ0) is 16.5. The van der Waals surface area contributed by atoms with E-state index in [0.717, 1.165) is 23.7 Å². The Morgan fingerprint density at radius 3 is 2.83 bits per heavy atom. The number of benzene rings is 2. The minimum Gasteiger partial charge on any atom is -0.496 e. The number of nitrogens with zero attached hydrogens (tertiary/aromatic N) is 1. The summed E-state index contributed by atoms with van der Waals surface area (Å²) in [6.07, 6.45) is 1.92. The fourth-order valence-electron chi connectivity index (χ4n) is 3.37. The van der Waals surface area contributed by atoms with Gasteiger partial charge in [0.2, 0.25) is 0 Å². The molecule has 1 amide bonds. The molecule has 1 aliphatic carbocycles. The third-order valence-electron chi connectivity index (χ3n) is 4.57. The fraction of sp³-hybridized carbons (Fsp3) is 0.200. The molecule has 0 spiro atoms. The second-order valence-electron chi connectivity index (χ2n) is 5.99. The van der Waals surface area contributed by atoms with Crippen LogP contribution in [0.15, 0.2) is 54.6 Å². The topological polar surface area (TPSA) is 51.2 Å². The number of amides is 1. The lowest BCUT2D eigenvalue weighted by Crippen LogP contribution is -2.28. The molecule has 4 rings (SSSR count). The number of hydrogen-bond donors (Lipinski definition) is 1. The maximum absolute atomic E-state index is 12.7. The predicted molar refractivity (Wildman–Crippen MR) is 93.3 cm³/mol. The van der Waals surface area contributed by atoms with Crippen molar-refractivity contribution in [3.05, 3.63) is 71.4 Å². The minimum atomic E-state index is -0.166. The summed E-state index contributed by atoms with van der Waals surface area (Å²) in [5.74, 6) is 0.498. The highest BCUT2D eigenvalue weighted by Crippen LogP contribution is 2.31. The number of para-hydroxylation sites is 1. The Kier molecular flexibility index (Phi) is 3.65. The first-order chi connectivity index (χ1) is 11.8. The first-order valence-corrected chi connectivity index (χ1v) is 8.08. The van der Waals surface area contributed by atoms with Crippen LogP contribution in [-0.4, -0.2) is 18.0 Å². The molecule has 24 heavy (non-hydrogen) atoms. The molecule has 0 radical (unpaired) electrons. The van der Waals surface area contributed by atoms with E-state index in [-0.39, 0.29) is 11.9 Å². The molecular weight excluding hydrogens is 300 g/mol. The van der Waals surface area contributed by atoms with Crippen LogP contribution in [0.25, 0.3) is 10.9 Å². The monoisotopic (exact) mass is 318 g/mol. The van der Waals surface area contributed by atoms with Gasteiger partial charge in [-0.05, 0) is 36.1 Å². The van der Waals surface area contributed by atoms with Crippen molar-refractivity contribution in [1.82, 2.24) is 10.3 Å². The van der Waals surface area contributed by atoms with Crippen molar-refractivity contribution in [2.75, 3.05) is 7.11 Å². The summed E-state index contributed by atoms with van der Waals surface area (Å²) in [5.41, 5.74) is 3.66. The largest absolute Gasteiger partial charge is 0.496 e. The number of aryl methyl sites for hydroxylation is 1. The van der Waals surface area contributed by atoms with E-state index in [0.29, 0.717) is 11.4 Å². The van der Waals surface area contributed by atoms with Gasteiger partial charge in [-0.1, -0.05) is 36.4 Å². The maximum Gasteiger partial charge on any atom is 0.270 e. The smallest absolute Gasteiger partial charge is 0.270 e. The zero-order valence-corrected chi connectivity index (χ0v) is 13.5. The van der Waals surface area contributed by atoms with Crippen LogP contribution in [0.3, 0.4) is 0 Å². The van der Waals surface area contributed by atoms with Crippen LogP contribution in [0.1, 0.15) is 34.1 Å². The van der Waals surface area contributed by atoms with Crippen molar-refractivity contribution in [2.24, 2.45) is 0 Å². The first-order valence-electron chi connectivity index (χ1n) is 8.08. The highest BCUT2D eigenvalue weighted by molar-refractivity contribution is 5.97. The van der Waals surface area contributed by atoms with E-state index in [1.54, 1.807) is 13.2 Å². The summed E-state index contributed by atoms with van der Waals surface area (Å²) in [6, 6.07) is 17.7. The van der Waals surface area contributed by atoms with Crippen LogP contribution in [0, 0.1) is 0 Å². The summed E-state index contributed by atoms with van der Waals surface area (Å²) in [4.78, 5) is 17.2. The molecule has 0 saturated heterocycles. The van der Waals surface area contributed by atoms with Gasteiger partial charge in [0.1, 0.15) is 11.4 Å². The number of fused-ring (bicyclic) bond motifs is 2. The molecule has 1 atom stereocenters. The van der Waals surface area contributed by atoms with Crippen molar-refractivity contribution >= 4 is 16.8 Å². The van der Waals surface area contributed by atoms with Crippen LogP contribution >= 0.6 is 0 Å². The molecule has 3 aromatic rings.